The summed E-state index contributed by atoms with van der Waals surface area (Å²) in [5, 5.41) is 21.9. The van der Waals surface area contributed by atoms with Gasteiger partial charge >= 0.3 is 11.9 Å². The number of anilines is 1. The van der Waals surface area contributed by atoms with E-state index < -0.39 is 34.7 Å². The number of hydrogen-bond donors (Lipinski definition) is 2. The third kappa shape index (κ3) is 2.80. The van der Waals surface area contributed by atoms with Crippen LogP contribution in [0.5, 0.6) is 5.75 Å². The summed E-state index contributed by atoms with van der Waals surface area (Å²) < 4.78 is 9.67. The molecule has 1 aliphatic rings. The zero-order valence-electron chi connectivity index (χ0n) is 15.1. The quantitative estimate of drug-likeness (QED) is 0.355. The van der Waals surface area contributed by atoms with Crippen molar-refractivity contribution in [3.05, 3.63) is 65.7 Å². The highest BCUT2D eigenvalue weighted by Crippen LogP contribution is 2.39. The number of ether oxygens (including phenoxy) is 2. The molecule has 2 aromatic rings. The Morgan fingerprint density at radius 1 is 1.00 bits per heavy atom. The number of rotatable bonds is 4. The van der Waals surface area contributed by atoms with Crippen LogP contribution in [0.15, 0.2) is 60.2 Å². The highest BCUT2D eigenvalue weighted by atomic mass is 16.5. The summed E-state index contributed by atoms with van der Waals surface area (Å²) in [6.07, 6.45) is 0. The third-order valence-corrected chi connectivity index (χ3v) is 4.38. The molecule has 0 spiro atoms. The monoisotopic (exact) mass is 383 g/mol. The predicted octanol–water partition coefficient (Wildman–Crippen LogP) is 1.44. The van der Waals surface area contributed by atoms with Gasteiger partial charge < -0.3 is 19.7 Å². The minimum atomic E-state index is -2.83. The third-order valence-electron chi connectivity index (χ3n) is 4.38. The smallest absolute Gasteiger partial charge is 0.365 e. The molecule has 0 saturated carbocycles. The van der Waals surface area contributed by atoms with E-state index in [1.165, 1.54) is 43.5 Å². The molecule has 8 nitrogen and oxygen atoms in total. The second-order valence-corrected chi connectivity index (χ2v) is 5.92. The molecule has 0 aliphatic carbocycles. The molecule has 2 N–H and O–H groups in total. The van der Waals surface area contributed by atoms with Crippen molar-refractivity contribution >= 4 is 29.1 Å². The van der Waals surface area contributed by atoms with Crippen LogP contribution in [0.2, 0.25) is 0 Å². The number of aliphatic hydroxyl groups excluding tert-OH is 1. The van der Waals surface area contributed by atoms with Gasteiger partial charge in [0.15, 0.2) is 0 Å². The molecule has 1 atom stereocenters. The fourth-order valence-electron chi connectivity index (χ4n) is 3.01. The molecule has 1 saturated heterocycles. The van der Waals surface area contributed by atoms with Gasteiger partial charge in [-0.25, -0.2) is 4.79 Å². The van der Waals surface area contributed by atoms with E-state index in [1.54, 1.807) is 18.2 Å². The Balaban J connectivity index is 2.24. The molecular weight excluding hydrogens is 366 g/mol. The average Bonchev–Trinajstić information content (AvgIpc) is 2.93. The molecule has 2 aromatic carbocycles. The molecule has 0 radical (unpaired) electrons. The molecule has 1 amide bonds. The normalized spacial score (nSPS) is 20.9. The summed E-state index contributed by atoms with van der Waals surface area (Å²) >= 11 is 0. The summed E-state index contributed by atoms with van der Waals surface area (Å²) in [5.74, 6) is -3.90. The van der Waals surface area contributed by atoms with Gasteiger partial charge in [-0.3, -0.25) is 14.5 Å². The molecule has 0 bridgehead atoms. The maximum Gasteiger partial charge on any atom is 0.365 e. The lowest BCUT2D eigenvalue weighted by molar-refractivity contribution is -0.158. The van der Waals surface area contributed by atoms with Crippen LogP contribution in [-0.4, -0.2) is 47.8 Å². The Labute approximate surface area is 160 Å². The molecule has 144 valence electrons. The summed E-state index contributed by atoms with van der Waals surface area (Å²) in [7, 11) is 2.46. The van der Waals surface area contributed by atoms with Gasteiger partial charge in [-0.1, -0.05) is 18.2 Å². The number of hydrogen-bond acceptors (Lipinski definition) is 7. The van der Waals surface area contributed by atoms with Crippen LogP contribution >= 0.6 is 0 Å². The van der Waals surface area contributed by atoms with E-state index in [2.05, 4.69) is 4.74 Å². The predicted molar refractivity (Wildman–Crippen MR) is 98.4 cm³/mol. The van der Waals surface area contributed by atoms with Gasteiger partial charge in [-0.15, -0.1) is 0 Å². The first-order valence-corrected chi connectivity index (χ1v) is 8.19. The maximum absolute atomic E-state index is 12.7. The van der Waals surface area contributed by atoms with Gasteiger partial charge in [-0.2, -0.15) is 0 Å². The van der Waals surface area contributed by atoms with Crippen molar-refractivity contribution in [3.8, 4) is 5.75 Å². The molecule has 3 rings (SSSR count). The Morgan fingerprint density at radius 3 is 2.14 bits per heavy atom. The van der Waals surface area contributed by atoms with E-state index in [0.717, 1.165) is 7.11 Å². The van der Waals surface area contributed by atoms with Crippen molar-refractivity contribution in [1.29, 1.82) is 0 Å². The Kier molecular flexibility index (Phi) is 4.89. The van der Waals surface area contributed by atoms with E-state index in [-0.39, 0.29) is 11.3 Å². The number of methoxy groups -OCH3 is 2. The molecule has 1 fully saturated rings. The van der Waals surface area contributed by atoms with E-state index in [4.69, 9.17) is 4.74 Å². The lowest BCUT2D eigenvalue weighted by Gasteiger charge is -2.30. The number of carbonyl (C=O) groups is 3. The summed E-state index contributed by atoms with van der Waals surface area (Å²) in [6, 6.07) is 13.5. The Hall–Kier alpha value is -3.65. The van der Waals surface area contributed by atoms with E-state index in [9.17, 15) is 24.6 Å². The molecule has 0 unspecified atom stereocenters. The van der Waals surface area contributed by atoms with Crippen molar-refractivity contribution in [1.82, 2.24) is 0 Å². The number of amides is 1. The maximum atomic E-state index is 12.7. The fourth-order valence-corrected chi connectivity index (χ4v) is 3.01. The lowest BCUT2D eigenvalue weighted by atomic mass is 9.97. The van der Waals surface area contributed by atoms with Crippen molar-refractivity contribution < 1.29 is 34.1 Å². The standard InChI is InChI=1S/C20H17NO7/c1-27-14-10-8-12(9-11-14)16(22)15-17(23)18(24)21(13-6-4-3-5-7-13)20(15,26)19(25)28-2/h3-11,22,26H,1-2H3/t20-/m1/s1. The average molecular weight is 383 g/mol. The largest absolute Gasteiger partial charge is 0.507 e. The first-order chi connectivity index (χ1) is 13.4. The summed E-state index contributed by atoms with van der Waals surface area (Å²) in [4.78, 5) is 38.4. The number of esters is 1. The van der Waals surface area contributed by atoms with Gasteiger partial charge in [0, 0.05) is 11.3 Å². The topological polar surface area (TPSA) is 113 Å². The van der Waals surface area contributed by atoms with Gasteiger partial charge in [-0.05, 0) is 36.4 Å². The molecular formula is C20H17NO7. The molecule has 0 aromatic heterocycles. The van der Waals surface area contributed by atoms with Crippen LogP contribution in [-0.2, 0) is 19.1 Å². The van der Waals surface area contributed by atoms with Crippen molar-refractivity contribution in [3.63, 3.8) is 0 Å². The van der Waals surface area contributed by atoms with E-state index >= 15 is 0 Å². The lowest BCUT2D eigenvalue weighted by Crippen LogP contribution is -2.54. The number of aliphatic hydroxyl groups is 2. The molecule has 8 heteroatoms. The zero-order valence-corrected chi connectivity index (χ0v) is 15.1. The van der Waals surface area contributed by atoms with Crippen LogP contribution in [0, 0.1) is 0 Å². The number of para-hydroxylation sites is 1. The van der Waals surface area contributed by atoms with Crippen LogP contribution < -0.4 is 9.64 Å². The highest BCUT2D eigenvalue weighted by molar-refractivity contribution is 6.54. The summed E-state index contributed by atoms with van der Waals surface area (Å²) in [5.41, 5.74) is -3.41. The van der Waals surface area contributed by atoms with Gasteiger partial charge in [0.1, 0.15) is 17.1 Å². The molecule has 1 heterocycles. The fraction of sp³-hybridized carbons (Fsp3) is 0.150. The second-order valence-electron chi connectivity index (χ2n) is 5.92. The second kappa shape index (κ2) is 7.16. The zero-order chi connectivity index (χ0) is 20.5. The number of ketones is 1. The highest BCUT2D eigenvalue weighted by Gasteiger charge is 2.62. The van der Waals surface area contributed by atoms with E-state index in [1.807, 2.05) is 0 Å². The number of nitrogens with zero attached hydrogens (tertiary/aromatic N) is 1. The number of Topliss-reactive ketones (excluding diaryl/α,β-unsaturated/α-hetero) is 1. The Bertz CT molecular complexity index is 966. The minimum absolute atomic E-state index is 0.0891. The van der Waals surface area contributed by atoms with Gasteiger partial charge in [0.05, 0.1) is 14.2 Å². The van der Waals surface area contributed by atoms with Crippen molar-refractivity contribution in [2.24, 2.45) is 0 Å². The van der Waals surface area contributed by atoms with Gasteiger partial charge in [0.2, 0.25) is 0 Å². The van der Waals surface area contributed by atoms with Gasteiger partial charge in [0.25, 0.3) is 11.5 Å². The number of benzene rings is 2. The van der Waals surface area contributed by atoms with Crippen LogP contribution in [0.1, 0.15) is 5.56 Å². The Morgan fingerprint density at radius 2 is 1.61 bits per heavy atom. The molecule has 28 heavy (non-hydrogen) atoms. The first-order valence-electron chi connectivity index (χ1n) is 8.19. The first kappa shape index (κ1) is 19.1. The van der Waals surface area contributed by atoms with Crippen LogP contribution in [0.3, 0.4) is 0 Å². The van der Waals surface area contributed by atoms with Crippen LogP contribution in [0.25, 0.3) is 5.76 Å². The SMILES string of the molecule is COC(=O)[C@]1(O)C(=C(O)c2ccc(OC)cc2)C(=O)C(=O)N1c1ccccc1. The van der Waals surface area contributed by atoms with Crippen molar-refractivity contribution in [2.45, 2.75) is 5.72 Å². The van der Waals surface area contributed by atoms with Crippen LogP contribution in [0.4, 0.5) is 5.69 Å². The minimum Gasteiger partial charge on any atom is -0.507 e. The van der Waals surface area contributed by atoms with Crippen molar-refractivity contribution in [2.75, 3.05) is 19.1 Å². The van der Waals surface area contributed by atoms with E-state index in [0.29, 0.717) is 10.6 Å². The number of carbonyl (C=O) groups excluding carboxylic acids is 3. The summed E-state index contributed by atoms with van der Waals surface area (Å²) in [6.45, 7) is 0. The molecule has 1 aliphatic heterocycles.